The smallest absolute Gasteiger partial charge is 0.0725 e. The summed E-state index contributed by atoms with van der Waals surface area (Å²) in [6.45, 7) is 0. The summed E-state index contributed by atoms with van der Waals surface area (Å²) in [5, 5.41) is 4.69. The van der Waals surface area contributed by atoms with Crippen molar-refractivity contribution in [2.45, 2.75) is 0 Å². The molecule has 12 heavy (non-hydrogen) atoms. The predicted molar refractivity (Wildman–Crippen MR) is 52.6 cm³/mol. The third-order valence-electron chi connectivity index (χ3n) is 1.56. The van der Waals surface area contributed by atoms with Crippen molar-refractivity contribution in [3.05, 3.63) is 40.2 Å². The zero-order valence-corrected chi connectivity index (χ0v) is 7.77. The minimum Gasteiger partial charge on any atom is -0.256 e. The molecule has 0 aromatic carbocycles. The van der Waals surface area contributed by atoms with E-state index in [4.69, 9.17) is 11.6 Å². The Morgan fingerprint density at radius 3 is 2.75 bits per heavy atom. The van der Waals surface area contributed by atoms with Crippen molar-refractivity contribution in [3.63, 3.8) is 0 Å². The van der Waals surface area contributed by atoms with Crippen molar-refractivity contribution in [2.24, 2.45) is 0 Å². The fourth-order valence-electron chi connectivity index (χ4n) is 0.986. The maximum atomic E-state index is 5.94. The molecular formula is C9H6ClNS. The van der Waals surface area contributed by atoms with Gasteiger partial charge in [-0.1, -0.05) is 17.7 Å². The lowest BCUT2D eigenvalue weighted by Gasteiger charge is -1.95. The van der Waals surface area contributed by atoms with E-state index in [0.29, 0.717) is 0 Å². The van der Waals surface area contributed by atoms with E-state index in [-0.39, 0.29) is 0 Å². The van der Waals surface area contributed by atoms with Crippen molar-refractivity contribution in [1.82, 2.24) is 4.98 Å². The zero-order valence-electron chi connectivity index (χ0n) is 6.20. The summed E-state index contributed by atoms with van der Waals surface area (Å²) >= 11 is 7.53. The van der Waals surface area contributed by atoms with Crippen LogP contribution in [0.1, 0.15) is 0 Å². The van der Waals surface area contributed by atoms with E-state index in [2.05, 4.69) is 4.98 Å². The van der Waals surface area contributed by atoms with E-state index in [1.54, 1.807) is 17.5 Å². The van der Waals surface area contributed by atoms with Crippen LogP contribution in [-0.2, 0) is 0 Å². The fourth-order valence-corrected chi connectivity index (χ4v) is 2.06. The first kappa shape index (κ1) is 7.77. The molecular weight excluding hydrogens is 190 g/mol. The Labute approximate surface area is 79.7 Å². The third-order valence-corrected chi connectivity index (χ3v) is 2.74. The molecule has 0 saturated heterocycles. The Balaban J connectivity index is 2.51. The first-order valence-electron chi connectivity index (χ1n) is 3.51. The summed E-state index contributed by atoms with van der Waals surface area (Å²) in [5.74, 6) is 0. The zero-order chi connectivity index (χ0) is 8.39. The molecule has 0 saturated carbocycles. The van der Waals surface area contributed by atoms with E-state index in [0.717, 1.165) is 16.3 Å². The van der Waals surface area contributed by atoms with E-state index >= 15 is 0 Å². The second kappa shape index (κ2) is 3.25. The normalized spacial score (nSPS) is 10.1. The van der Waals surface area contributed by atoms with Crippen molar-refractivity contribution >= 4 is 22.9 Å². The van der Waals surface area contributed by atoms with Gasteiger partial charge in [0.05, 0.1) is 10.7 Å². The lowest BCUT2D eigenvalue weighted by atomic mass is 10.2. The van der Waals surface area contributed by atoms with Crippen LogP contribution in [0.25, 0.3) is 11.3 Å². The van der Waals surface area contributed by atoms with Gasteiger partial charge < -0.3 is 0 Å². The molecule has 1 nitrogen and oxygen atoms in total. The molecule has 0 radical (unpaired) electrons. The monoisotopic (exact) mass is 195 g/mol. The Morgan fingerprint density at radius 1 is 1.25 bits per heavy atom. The lowest BCUT2D eigenvalue weighted by molar-refractivity contribution is 1.33. The molecule has 0 aliphatic carbocycles. The molecule has 2 heterocycles. The molecule has 2 rings (SSSR count). The predicted octanol–water partition coefficient (Wildman–Crippen LogP) is 3.46. The largest absolute Gasteiger partial charge is 0.256 e. The van der Waals surface area contributed by atoms with Crippen molar-refractivity contribution < 1.29 is 0 Å². The molecule has 0 amide bonds. The van der Waals surface area contributed by atoms with Crippen LogP contribution in [-0.4, -0.2) is 4.98 Å². The van der Waals surface area contributed by atoms with Gasteiger partial charge in [0.25, 0.3) is 0 Å². The highest BCUT2D eigenvalue weighted by Crippen LogP contribution is 2.29. The highest BCUT2D eigenvalue weighted by Gasteiger charge is 2.03. The first-order valence-corrected chi connectivity index (χ1v) is 4.83. The van der Waals surface area contributed by atoms with E-state index in [1.807, 2.05) is 29.0 Å². The lowest BCUT2D eigenvalue weighted by Crippen LogP contribution is -1.78. The van der Waals surface area contributed by atoms with Crippen LogP contribution in [0.5, 0.6) is 0 Å². The summed E-state index contributed by atoms with van der Waals surface area (Å²) < 4.78 is 0. The summed E-state index contributed by atoms with van der Waals surface area (Å²) in [7, 11) is 0. The molecule has 60 valence electrons. The minimum absolute atomic E-state index is 0.777. The van der Waals surface area contributed by atoms with Crippen LogP contribution in [0.3, 0.4) is 0 Å². The fraction of sp³-hybridized carbons (Fsp3) is 0. The molecule has 2 aromatic heterocycles. The van der Waals surface area contributed by atoms with Crippen molar-refractivity contribution in [3.8, 4) is 11.3 Å². The van der Waals surface area contributed by atoms with Gasteiger partial charge in [0.2, 0.25) is 0 Å². The van der Waals surface area contributed by atoms with Crippen LogP contribution in [0.15, 0.2) is 35.2 Å². The Bertz CT molecular complexity index is 369. The molecule has 0 unspecified atom stereocenters. The Kier molecular flexibility index (Phi) is 2.11. The summed E-state index contributed by atoms with van der Waals surface area (Å²) in [6, 6.07) is 5.80. The average Bonchev–Trinajstić information content (AvgIpc) is 2.53. The number of aromatic nitrogens is 1. The quantitative estimate of drug-likeness (QED) is 0.679. The number of nitrogens with zero attached hydrogens (tertiary/aromatic N) is 1. The number of hydrogen-bond acceptors (Lipinski definition) is 2. The molecule has 0 aliphatic heterocycles. The summed E-state index contributed by atoms with van der Waals surface area (Å²) in [6.07, 6.45) is 1.77. The first-order chi connectivity index (χ1) is 5.88. The van der Waals surface area contributed by atoms with Gasteiger partial charge in [0, 0.05) is 22.5 Å². The second-order valence-electron chi connectivity index (χ2n) is 2.35. The van der Waals surface area contributed by atoms with E-state index < -0.39 is 0 Å². The highest BCUT2D eigenvalue weighted by molar-refractivity contribution is 7.08. The molecule has 0 bridgehead atoms. The topological polar surface area (TPSA) is 12.9 Å². The van der Waals surface area contributed by atoms with Crippen LogP contribution in [0.4, 0.5) is 0 Å². The van der Waals surface area contributed by atoms with E-state index in [9.17, 15) is 0 Å². The van der Waals surface area contributed by atoms with Gasteiger partial charge in [-0.3, -0.25) is 4.98 Å². The number of hydrogen-bond donors (Lipinski definition) is 0. The van der Waals surface area contributed by atoms with Gasteiger partial charge in [-0.25, -0.2) is 0 Å². The molecule has 0 fully saturated rings. The van der Waals surface area contributed by atoms with Gasteiger partial charge in [-0.05, 0) is 12.1 Å². The van der Waals surface area contributed by atoms with Gasteiger partial charge >= 0.3 is 0 Å². The van der Waals surface area contributed by atoms with Gasteiger partial charge in [-0.2, -0.15) is 11.3 Å². The average molecular weight is 196 g/mol. The standard InChI is InChI=1S/C9H6ClNS/c10-8-6-12-5-7(8)9-3-1-2-4-11-9/h1-6H. The van der Waals surface area contributed by atoms with Crippen LogP contribution in [0.2, 0.25) is 5.02 Å². The molecule has 0 spiro atoms. The maximum absolute atomic E-state index is 5.94. The SMILES string of the molecule is Clc1cscc1-c1ccccn1. The van der Waals surface area contributed by atoms with Crippen molar-refractivity contribution in [2.75, 3.05) is 0 Å². The Morgan fingerprint density at radius 2 is 2.17 bits per heavy atom. The number of halogens is 1. The van der Waals surface area contributed by atoms with Crippen molar-refractivity contribution in [1.29, 1.82) is 0 Å². The van der Waals surface area contributed by atoms with Gasteiger partial charge in [-0.15, -0.1) is 0 Å². The molecule has 2 aromatic rings. The molecule has 0 aliphatic rings. The van der Waals surface area contributed by atoms with Crippen LogP contribution >= 0.6 is 22.9 Å². The number of thiophene rings is 1. The Hall–Kier alpha value is -0.860. The summed E-state index contributed by atoms with van der Waals surface area (Å²) in [4.78, 5) is 4.20. The third kappa shape index (κ3) is 1.36. The molecule has 0 atom stereocenters. The van der Waals surface area contributed by atoms with Crippen LogP contribution < -0.4 is 0 Å². The number of pyridine rings is 1. The minimum atomic E-state index is 0.777. The molecule has 3 heteroatoms. The molecule has 0 N–H and O–H groups in total. The van der Waals surface area contributed by atoms with Gasteiger partial charge in [0.15, 0.2) is 0 Å². The highest BCUT2D eigenvalue weighted by atomic mass is 35.5. The van der Waals surface area contributed by atoms with E-state index in [1.165, 1.54) is 0 Å². The second-order valence-corrected chi connectivity index (χ2v) is 3.50. The van der Waals surface area contributed by atoms with Crippen LogP contribution in [0, 0.1) is 0 Å². The maximum Gasteiger partial charge on any atom is 0.0725 e. The van der Waals surface area contributed by atoms with Gasteiger partial charge in [0.1, 0.15) is 0 Å². The summed E-state index contributed by atoms with van der Waals surface area (Å²) in [5.41, 5.74) is 1.95. The number of rotatable bonds is 1.